The Morgan fingerprint density at radius 2 is 2.12 bits per heavy atom. The fourth-order valence-electron chi connectivity index (χ4n) is 1.46. The van der Waals surface area contributed by atoms with Crippen LogP contribution in [0.3, 0.4) is 0 Å². The van der Waals surface area contributed by atoms with Gasteiger partial charge in [0.15, 0.2) is 5.82 Å². The summed E-state index contributed by atoms with van der Waals surface area (Å²) in [5, 5.41) is 7.34. The molecule has 6 nitrogen and oxygen atoms in total. The van der Waals surface area contributed by atoms with Gasteiger partial charge in [0.05, 0.1) is 11.4 Å². The van der Waals surface area contributed by atoms with Crippen LogP contribution >= 0.6 is 12.2 Å². The smallest absolute Gasteiger partial charge is 0.159 e. The maximum absolute atomic E-state index is 5.58. The molecule has 0 unspecified atom stereocenters. The molecule has 3 N–H and O–H groups in total. The second-order valence-electron chi connectivity index (χ2n) is 3.54. The minimum atomic E-state index is 0.210. The zero-order valence-corrected chi connectivity index (χ0v) is 10.3. The highest BCUT2D eigenvalue weighted by atomic mass is 32.1. The monoisotopic (exact) mass is 248 g/mol. The first-order valence-electron chi connectivity index (χ1n) is 4.96. The van der Waals surface area contributed by atoms with Crippen molar-refractivity contribution in [1.82, 2.24) is 19.7 Å². The highest BCUT2D eigenvalue weighted by Crippen LogP contribution is 2.19. The first kappa shape index (κ1) is 11.5. The molecule has 0 aliphatic heterocycles. The van der Waals surface area contributed by atoms with Gasteiger partial charge >= 0.3 is 0 Å². The number of hydrogen-bond acceptors (Lipinski definition) is 5. The molecule has 0 atom stereocenters. The molecule has 0 aromatic carbocycles. The van der Waals surface area contributed by atoms with Crippen molar-refractivity contribution in [2.45, 2.75) is 6.92 Å². The van der Waals surface area contributed by atoms with Gasteiger partial charge in [0.25, 0.3) is 0 Å². The molecule has 2 heterocycles. The van der Waals surface area contributed by atoms with Crippen molar-refractivity contribution in [2.24, 2.45) is 12.8 Å². The van der Waals surface area contributed by atoms with Crippen LogP contribution in [0.4, 0.5) is 11.5 Å². The fourth-order valence-corrected chi connectivity index (χ4v) is 1.61. The number of aryl methyl sites for hydroxylation is 2. The van der Waals surface area contributed by atoms with E-state index in [0.29, 0.717) is 11.5 Å². The molecule has 2 rings (SSSR count). The number of nitrogens with zero attached hydrogens (tertiary/aromatic N) is 4. The lowest BCUT2D eigenvalue weighted by Gasteiger charge is -2.07. The minimum Gasteiger partial charge on any atom is -0.388 e. The van der Waals surface area contributed by atoms with E-state index in [4.69, 9.17) is 18.0 Å². The Bertz CT molecular complexity index is 562. The number of rotatable bonds is 3. The van der Waals surface area contributed by atoms with Gasteiger partial charge in [0.1, 0.15) is 10.7 Å². The maximum Gasteiger partial charge on any atom is 0.159 e. The van der Waals surface area contributed by atoms with Crippen LogP contribution in [0.15, 0.2) is 18.6 Å². The van der Waals surface area contributed by atoms with Crippen LogP contribution in [0.2, 0.25) is 0 Å². The van der Waals surface area contributed by atoms with Crippen molar-refractivity contribution in [1.29, 1.82) is 0 Å². The summed E-state index contributed by atoms with van der Waals surface area (Å²) in [6.45, 7) is 1.90. The average molecular weight is 248 g/mol. The summed E-state index contributed by atoms with van der Waals surface area (Å²) in [5.74, 6) is 0.538. The van der Waals surface area contributed by atoms with Crippen LogP contribution in [0, 0.1) is 6.92 Å². The van der Waals surface area contributed by atoms with Crippen LogP contribution in [0.5, 0.6) is 0 Å². The van der Waals surface area contributed by atoms with E-state index in [1.807, 2.05) is 20.2 Å². The molecule has 0 fully saturated rings. The van der Waals surface area contributed by atoms with E-state index in [-0.39, 0.29) is 4.99 Å². The molecular formula is C10H12N6S. The Balaban J connectivity index is 2.36. The molecule has 0 radical (unpaired) electrons. The lowest BCUT2D eigenvalue weighted by Crippen LogP contribution is -2.15. The van der Waals surface area contributed by atoms with Gasteiger partial charge in [-0.15, -0.1) is 0 Å². The first-order valence-corrected chi connectivity index (χ1v) is 5.37. The molecule has 0 saturated carbocycles. The Labute approximate surface area is 104 Å². The number of aromatic nitrogens is 4. The normalized spacial score (nSPS) is 10.2. The van der Waals surface area contributed by atoms with Gasteiger partial charge in [0.2, 0.25) is 0 Å². The van der Waals surface area contributed by atoms with Gasteiger partial charge in [-0.1, -0.05) is 12.2 Å². The van der Waals surface area contributed by atoms with Crippen molar-refractivity contribution >= 4 is 28.7 Å². The number of anilines is 2. The summed E-state index contributed by atoms with van der Waals surface area (Å²) in [4.78, 5) is 8.47. The predicted octanol–water partition coefficient (Wildman–Crippen LogP) is 0.896. The van der Waals surface area contributed by atoms with Crippen LogP contribution in [-0.4, -0.2) is 24.7 Å². The predicted molar refractivity (Wildman–Crippen MR) is 69.1 cm³/mol. The van der Waals surface area contributed by atoms with Gasteiger partial charge in [0, 0.05) is 25.6 Å². The molecule has 0 aliphatic carbocycles. The van der Waals surface area contributed by atoms with E-state index in [9.17, 15) is 0 Å². The third-order valence-electron chi connectivity index (χ3n) is 2.20. The lowest BCUT2D eigenvalue weighted by atomic mass is 10.3. The molecule has 0 spiro atoms. The molecule has 7 heteroatoms. The quantitative estimate of drug-likeness (QED) is 0.785. The van der Waals surface area contributed by atoms with Gasteiger partial charge < -0.3 is 11.1 Å². The highest BCUT2D eigenvalue weighted by Gasteiger charge is 2.10. The van der Waals surface area contributed by atoms with Crippen molar-refractivity contribution in [2.75, 3.05) is 5.32 Å². The first-order chi connectivity index (χ1) is 8.08. The Hall–Kier alpha value is -2.02. The number of nitrogens with one attached hydrogen (secondary N) is 1. The number of nitrogens with two attached hydrogens (primary N) is 1. The van der Waals surface area contributed by atoms with E-state index >= 15 is 0 Å². The SMILES string of the molecule is Cc1nn(C)cc1Nc1nccnc1C(N)=S. The van der Waals surface area contributed by atoms with Gasteiger partial charge in [-0.05, 0) is 6.92 Å². The van der Waals surface area contributed by atoms with Crippen molar-refractivity contribution in [3.8, 4) is 0 Å². The summed E-state index contributed by atoms with van der Waals surface area (Å²) in [6, 6.07) is 0. The van der Waals surface area contributed by atoms with Gasteiger partial charge in [-0.3, -0.25) is 4.68 Å². The zero-order chi connectivity index (χ0) is 12.4. The van der Waals surface area contributed by atoms with E-state index < -0.39 is 0 Å². The molecular weight excluding hydrogens is 236 g/mol. The number of thiocarbonyl (C=S) groups is 1. The average Bonchev–Trinajstić information content (AvgIpc) is 2.58. The minimum absolute atomic E-state index is 0.210. The summed E-state index contributed by atoms with van der Waals surface area (Å²) in [5.41, 5.74) is 7.78. The molecule has 17 heavy (non-hydrogen) atoms. The van der Waals surface area contributed by atoms with Gasteiger partial charge in [-0.2, -0.15) is 5.10 Å². The summed E-state index contributed by atoms with van der Waals surface area (Å²) >= 11 is 4.92. The largest absolute Gasteiger partial charge is 0.388 e. The van der Waals surface area contributed by atoms with Crippen molar-refractivity contribution in [3.05, 3.63) is 30.0 Å². The Morgan fingerprint density at radius 1 is 1.41 bits per heavy atom. The topological polar surface area (TPSA) is 81.7 Å². The van der Waals surface area contributed by atoms with Crippen LogP contribution < -0.4 is 11.1 Å². The third kappa shape index (κ3) is 2.39. The fraction of sp³-hybridized carbons (Fsp3) is 0.200. The highest BCUT2D eigenvalue weighted by molar-refractivity contribution is 7.80. The Morgan fingerprint density at radius 3 is 2.71 bits per heavy atom. The third-order valence-corrected chi connectivity index (χ3v) is 2.39. The maximum atomic E-state index is 5.58. The molecule has 0 amide bonds. The molecule has 2 aromatic heterocycles. The standard InChI is InChI=1S/C10H12N6S/c1-6-7(5-16(2)15-6)14-10-8(9(11)17)12-3-4-13-10/h3-5H,1-2H3,(H2,11,17)(H,13,14). The summed E-state index contributed by atoms with van der Waals surface area (Å²) in [6.07, 6.45) is 4.99. The lowest BCUT2D eigenvalue weighted by molar-refractivity contribution is 0.756. The van der Waals surface area contributed by atoms with Crippen LogP contribution in [0.1, 0.15) is 11.4 Å². The van der Waals surface area contributed by atoms with E-state index in [1.165, 1.54) is 0 Å². The number of hydrogen-bond donors (Lipinski definition) is 2. The van der Waals surface area contributed by atoms with Gasteiger partial charge in [-0.25, -0.2) is 9.97 Å². The Kier molecular flexibility index (Phi) is 3.01. The molecule has 2 aromatic rings. The zero-order valence-electron chi connectivity index (χ0n) is 9.51. The van der Waals surface area contributed by atoms with Crippen LogP contribution in [0.25, 0.3) is 0 Å². The summed E-state index contributed by atoms with van der Waals surface area (Å²) in [7, 11) is 1.85. The van der Waals surface area contributed by atoms with E-state index in [2.05, 4.69) is 20.4 Å². The second kappa shape index (κ2) is 4.46. The second-order valence-corrected chi connectivity index (χ2v) is 3.98. The van der Waals surface area contributed by atoms with Crippen molar-refractivity contribution in [3.63, 3.8) is 0 Å². The molecule has 88 valence electrons. The van der Waals surface area contributed by atoms with E-state index in [0.717, 1.165) is 11.4 Å². The van der Waals surface area contributed by atoms with E-state index in [1.54, 1.807) is 17.1 Å². The van der Waals surface area contributed by atoms with Crippen molar-refractivity contribution < 1.29 is 0 Å². The molecule has 0 aliphatic rings. The summed E-state index contributed by atoms with van der Waals surface area (Å²) < 4.78 is 1.72. The molecule has 0 saturated heterocycles. The van der Waals surface area contributed by atoms with Crippen LogP contribution in [-0.2, 0) is 7.05 Å². The molecule has 0 bridgehead atoms.